The monoisotopic (exact) mass is 489 g/mol. The fraction of sp³-hybridized carbons (Fsp3) is 0.286. The molecule has 7 heteroatoms. The summed E-state index contributed by atoms with van der Waals surface area (Å²) < 4.78 is 18.0. The highest BCUT2D eigenvalue weighted by Gasteiger charge is 2.33. The van der Waals surface area contributed by atoms with Crippen molar-refractivity contribution in [3.63, 3.8) is 0 Å². The minimum Gasteiger partial charge on any atom is -0.493 e. The second-order valence-corrected chi connectivity index (χ2v) is 9.81. The van der Waals surface area contributed by atoms with Gasteiger partial charge in [-0.2, -0.15) is 0 Å². The van der Waals surface area contributed by atoms with Gasteiger partial charge in [-0.05, 0) is 90.5 Å². The standard InChI is InChI=1S/C28H27NO5S/c30-27-26(35-28(31)29-27)20-6-4-9-23(17-20)32-14-5-15-33-25-13-12-24(18-21(25)16-19-10-11-19)34-22-7-2-1-3-8-22/h1-4,6-9,12-13,17-19,26H,5,10-11,14-16H2,(H,29,30,31). The number of para-hydroxylation sites is 1. The summed E-state index contributed by atoms with van der Waals surface area (Å²) in [6.07, 6.45) is 4.25. The number of carbonyl (C=O) groups is 2. The zero-order chi connectivity index (χ0) is 24.0. The molecule has 0 radical (unpaired) electrons. The lowest BCUT2D eigenvalue weighted by Crippen LogP contribution is -2.20. The average Bonchev–Trinajstić information content (AvgIpc) is 3.61. The Bertz CT molecular complexity index is 1190. The van der Waals surface area contributed by atoms with E-state index in [1.54, 1.807) is 0 Å². The van der Waals surface area contributed by atoms with Crippen molar-refractivity contribution in [1.29, 1.82) is 0 Å². The van der Waals surface area contributed by atoms with Crippen molar-refractivity contribution in [1.82, 2.24) is 5.32 Å². The van der Waals surface area contributed by atoms with Crippen molar-refractivity contribution in [2.45, 2.75) is 30.9 Å². The summed E-state index contributed by atoms with van der Waals surface area (Å²) in [6.45, 7) is 1.02. The first kappa shape index (κ1) is 23.3. The van der Waals surface area contributed by atoms with Gasteiger partial charge in [-0.15, -0.1) is 0 Å². The van der Waals surface area contributed by atoms with E-state index in [2.05, 4.69) is 11.4 Å². The Kier molecular flexibility index (Phi) is 7.23. The number of rotatable bonds is 11. The molecule has 3 aromatic rings. The van der Waals surface area contributed by atoms with Gasteiger partial charge in [-0.1, -0.05) is 30.3 Å². The molecule has 1 N–H and O–H groups in total. The van der Waals surface area contributed by atoms with Gasteiger partial charge in [0.15, 0.2) is 0 Å². The minimum atomic E-state index is -0.520. The van der Waals surface area contributed by atoms with Gasteiger partial charge in [0.25, 0.3) is 5.24 Å². The SMILES string of the molecule is O=C1NC(=O)C(c2cccc(OCCCOc3ccc(Oc4ccccc4)cc3CC3CC3)c2)S1. The predicted octanol–water partition coefficient (Wildman–Crippen LogP) is 6.30. The van der Waals surface area contributed by atoms with E-state index in [1.807, 2.05) is 66.7 Å². The number of nitrogens with one attached hydrogen (secondary N) is 1. The summed E-state index contributed by atoms with van der Waals surface area (Å²) in [4.78, 5) is 23.4. The Hall–Kier alpha value is -3.45. The van der Waals surface area contributed by atoms with E-state index in [-0.39, 0.29) is 11.1 Å². The van der Waals surface area contributed by atoms with Crippen molar-refractivity contribution in [3.8, 4) is 23.0 Å². The van der Waals surface area contributed by atoms with Crippen LogP contribution < -0.4 is 19.5 Å². The van der Waals surface area contributed by atoms with Crippen molar-refractivity contribution < 1.29 is 23.8 Å². The molecule has 3 aromatic carbocycles. The maximum absolute atomic E-state index is 11.9. The lowest BCUT2D eigenvalue weighted by molar-refractivity contribution is -0.119. The number of hydrogen-bond acceptors (Lipinski definition) is 6. The van der Waals surface area contributed by atoms with Crippen LogP contribution in [0.25, 0.3) is 0 Å². The van der Waals surface area contributed by atoms with Gasteiger partial charge in [0.2, 0.25) is 5.91 Å². The molecule has 6 nitrogen and oxygen atoms in total. The van der Waals surface area contributed by atoms with E-state index >= 15 is 0 Å². The molecule has 1 aliphatic heterocycles. The summed E-state index contributed by atoms with van der Waals surface area (Å²) in [7, 11) is 0. The number of hydrogen-bond donors (Lipinski definition) is 1. The molecular formula is C28H27NO5S. The molecule has 1 saturated carbocycles. The molecular weight excluding hydrogens is 462 g/mol. The number of benzene rings is 3. The predicted molar refractivity (Wildman–Crippen MR) is 135 cm³/mol. The number of ether oxygens (including phenoxy) is 3. The Morgan fingerprint density at radius 1 is 0.829 bits per heavy atom. The lowest BCUT2D eigenvalue weighted by atomic mass is 10.1. The van der Waals surface area contributed by atoms with Gasteiger partial charge in [-0.25, -0.2) is 0 Å². The van der Waals surface area contributed by atoms with Gasteiger partial charge in [0.1, 0.15) is 28.2 Å². The molecule has 5 rings (SSSR count). The molecule has 1 saturated heterocycles. The van der Waals surface area contributed by atoms with Crippen LogP contribution >= 0.6 is 11.8 Å². The number of thioether (sulfide) groups is 1. The van der Waals surface area contributed by atoms with Crippen molar-refractivity contribution in [2.75, 3.05) is 13.2 Å². The lowest BCUT2D eigenvalue weighted by Gasteiger charge is -2.14. The Morgan fingerprint density at radius 2 is 1.63 bits per heavy atom. The van der Waals surface area contributed by atoms with Crippen LogP contribution in [0.5, 0.6) is 23.0 Å². The van der Waals surface area contributed by atoms with Gasteiger partial charge in [0.05, 0.1) is 13.2 Å². The third-order valence-corrected chi connectivity index (χ3v) is 6.92. The summed E-state index contributed by atoms with van der Waals surface area (Å²) in [5, 5.41) is 1.48. The number of carbonyl (C=O) groups excluding carboxylic acids is 2. The quantitative estimate of drug-likeness (QED) is 0.319. The van der Waals surface area contributed by atoms with Crippen LogP contribution in [0.4, 0.5) is 4.79 Å². The maximum atomic E-state index is 11.9. The molecule has 2 fully saturated rings. The molecule has 0 bridgehead atoms. The second kappa shape index (κ2) is 10.9. The molecule has 2 amide bonds. The Balaban J connectivity index is 1.13. The van der Waals surface area contributed by atoms with Crippen LogP contribution in [0.15, 0.2) is 72.8 Å². The third kappa shape index (κ3) is 6.36. The van der Waals surface area contributed by atoms with E-state index in [0.29, 0.717) is 25.4 Å². The van der Waals surface area contributed by atoms with Crippen LogP contribution in [-0.4, -0.2) is 24.4 Å². The highest BCUT2D eigenvalue weighted by atomic mass is 32.2. The van der Waals surface area contributed by atoms with Gasteiger partial charge in [0, 0.05) is 6.42 Å². The first-order valence-electron chi connectivity index (χ1n) is 11.9. The summed E-state index contributed by atoms with van der Waals surface area (Å²) in [5.41, 5.74) is 1.94. The first-order chi connectivity index (χ1) is 17.1. The topological polar surface area (TPSA) is 73.9 Å². The van der Waals surface area contributed by atoms with E-state index < -0.39 is 5.25 Å². The maximum Gasteiger partial charge on any atom is 0.286 e. The Labute approximate surface area is 209 Å². The molecule has 1 aliphatic carbocycles. The van der Waals surface area contributed by atoms with Crippen molar-refractivity contribution >= 4 is 22.9 Å². The summed E-state index contributed by atoms with van der Waals surface area (Å²) >= 11 is 0.992. The molecule has 1 atom stereocenters. The number of amides is 2. The zero-order valence-electron chi connectivity index (χ0n) is 19.3. The van der Waals surface area contributed by atoms with E-state index in [0.717, 1.165) is 46.9 Å². The molecule has 2 aliphatic rings. The Morgan fingerprint density at radius 3 is 2.40 bits per heavy atom. The first-order valence-corrected chi connectivity index (χ1v) is 12.7. The fourth-order valence-corrected chi connectivity index (χ4v) is 4.77. The average molecular weight is 490 g/mol. The van der Waals surface area contributed by atoms with E-state index in [4.69, 9.17) is 14.2 Å². The molecule has 0 spiro atoms. The minimum absolute atomic E-state index is 0.285. The molecule has 35 heavy (non-hydrogen) atoms. The zero-order valence-corrected chi connectivity index (χ0v) is 20.1. The normalized spacial score (nSPS) is 17.2. The van der Waals surface area contributed by atoms with Crippen molar-refractivity contribution in [3.05, 3.63) is 83.9 Å². The van der Waals surface area contributed by atoms with E-state index in [1.165, 1.54) is 18.4 Å². The summed E-state index contributed by atoms with van der Waals surface area (Å²) in [5.74, 6) is 3.65. The van der Waals surface area contributed by atoms with Gasteiger partial charge in [-0.3, -0.25) is 14.9 Å². The van der Waals surface area contributed by atoms with Crippen LogP contribution in [-0.2, 0) is 11.2 Å². The highest BCUT2D eigenvalue weighted by Crippen LogP contribution is 2.38. The summed E-state index contributed by atoms with van der Waals surface area (Å²) in [6, 6.07) is 23.1. The van der Waals surface area contributed by atoms with Crippen LogP contribution in [0.2, 0.25) is 0 Å². The van der Waals surface area contributed by atoms with Crippen molar-refractivity contribution in [2.24, 2.45) is 5.92 Å². The third-order valence-electron chi connectivity index (χ3n) is 5.88. The fourth-order valence-electron chi connectivity index (χ4n) is 3.95. The molecule has 1 heterocycles. The number of imide groups is 1. The smallest absolute Gasteiger partial charge is 0.286 e. The largest absolute Gasteiger partial charge is 0.493 e. The van der Waals surface area contributed by atoms with Crippen LogP contribution in [0.3, 0.4) is 0 Å². The highest BCUT2D eigenvalue weighted by molar-refractivity contribution is 8.15. The molecule has 1 unspecified atom stereocenters. The van der Waals surface area contributed by atoms with Crippen LogP contribution in [0, 0.1) is 5.92 Å². The molecule has 0 aromatic heterocycles. The molecule has 180 valence electrons. The van der Waals surface area contributed by atoms with Gasteiger partial charge >= 0.3 is 0 Å². The van der Waals surface area contributed by atoms with Crippen LogP contribution in [0.1, 0.15) is 35.6 Å². The second-order valence-electron chi connectivity index (χ2n) is 8.73. The van der Waals surface area contributed by atoms with E-state index in [9.17, 15) is 9.59 Å². The van der Waals surface area contributed by atoms with Gasteiger partial charge < -0.3 is 14.2 Å².